The molecule has 1 aliphatic rings. The minimum atomic E-state index is -0.374. The van der Waals surface area contributed by atoms with Crippen LogP contribution in [0.3, 0.4) is 0 Å². The van der Waals surface area contributed by atoms with Crippen molar-refractivity contribution in [2.45, 2.75) is 112 Å². The number of amides is 2. The second kappa shape index (κ2) is 12.9. The Hall–Kier alpha value is -1.63. The highest BCUT2D eigenvalue weighted by atomic mass is 16.5. The molecule has 1 rings (SSSR count). The van der Waals surface area contributed by atoms with Crippen LogP contribution in [-0.2, 0) is 19.1 Å². The molecule has 0 aromatic carbocycles. The summed E-state index contributed by atoms with van der Waals surface area (Å²) in [4.78, 5) is 41.2. The Morgan fingerprint density at radius 1 is 1.00 bits per heavy atom. The molecule has 1 N–H and O–H groups in total. The smallest absolute Gasteiger partial charge is 0.309 e. The number of esters is 1. The van der Waals surface area contributed by atoms with E-state index in [1.165, 1.54) is 0 Å². The van der Waals surface area contributed by atoms with Crippen molar-refractivity contribution in [2.24, 2.45) is 11.3 Å². The van der Waals surface area contributed by atoms with E-state index in [9.17, 15) is 14.4 Å². The second-order valence-corrected chi connectivity index (χ2v) is 11.5. The van der Waals surface area contributed by atoms with Crippen molar-refractivity contribution in [1.82, 2.24) is 15.1 Å². The van der Waals surface area contributed by atoms with E-state index in [0.717, 1.165) is 45.2 Å². The summed E-state index contributed by atoms with van der Waals surface area (Å²) < 4.78 is 5.21. The maximum Gasteiger partial charge on any atom is 0.309 e. The van der Waals surface area contributed by atoms with Gasteiger partial charge in [-0.1, -0.05) is 20.8 Å². The third-order valence-corrected chi connectivity index (χ3v) is 8.18. The van der Waals surface area contributed by atoms with Crippen molar-refractivity contribution in [3.63, 3.8) is 0 Å². The molecule has 7 nitrogen and oxygen atoms in total. The maximum absolute atomic E-state index is 12.8. The number of nitrogens with one attached hydrogen (secondary N) is 1. The Morgan fingerprint density at radius 3 is 2.09 bits per heavy atom. The normalized spacial score (nSPS) is 16.3. The summed E-state index contributed by atoms with van der Waals surface area (Å²) in [6.45, 7) is 22.0. The van der Waals surface area contributed by atoms with Gasteiger partial charge in [0.05, 0.1) is 12.5 Å². The first-order chi connectivity index (χ1) is 15.7. The lowest BCUT2D eigenvalue weighted by molar-refractivity contribution is -0.150. The molecule has 0 radical (unpaired) electrons. The average Bonchev–Trinajstić information content (AvgIpc) is 2.73. The molecule has 0 unspecified atom stereocenters. The topological polar surface area (TPSA) is 79.0 Å². The lowest BCUT2D eigenvalue weighted by Crippen LogP contribution is -2.58. The van der Waals surface area contributed by atoms with Gasteiger partial charge in [0.2, 0.25) is 11.8 Å². The molecule has 0 atom stereocenters. The van der Waals surface area contributed by atoms with Crippen LogP contribution in [0.4, 0.5) is 0 Å². The molecule has 0 spiro atoms. The quantitative estimate of drug-likeness (QED) is 0.395. The molecule has 1 saturated heterocycles. The van der Waals surface area contributed by atoms with E-state index in [4.69, 9.17) is 4.74 Å². The van der Waals surface area contributed by atoms with E-state index < -0.39 is 0 Å². The van der Waals surface area contributed by atoms with E-state index in [1.807, 2.05) is 18.7 Å². The minimum absolute atomic E-state index is 0.00160. The number of rotatable bonds is 13. The number of nitrogens with zero attached hydrogens (tertiary/aromatic N) is 2. The van der Waals surface area contributed by atoms with Crippen molar-refractivity contribution in [2.75, 3.05) is 32.8 Å². The highest BCUT2D eigenvalue weighted by Crippen LogP contribution is 2.39. The highest BCUT2D eigenvalue weighted by molar-refractivity contribution is 5.76. The van der Waals surface area contributed by atoms with Gasteiger partial charge in [-0.25, -0.2) is 0 Å². The largest absolute Gasteiger partial charge is 0.466 e. The van der Waals surface area contributed by atoms with Gasteiger partial charge in [0.25, 0.3) is 0 Å². The Kier molecular flexibility index (Phi) is 11.5. The molecule has 34 heavy (non-hydrogen) atoms. The number of hydrogen-bond acceptors (Lipinski definition) is 5. The van der Waals surface area contributed by atoms with Crippen molar-refractivity contribution in [3.05, 3.63) is 0 Å². The molecule has 0 aliphatic carbocycles. The zero-order valence-corrected chi connectivity index (χ0v) is 23.4. The second-order valence-electron chi connectivity index (χ2n) is 11.5. The molecule has 1 fully saturated rings. The van der Waals surface area contributed by atoms with Crippen molar-refractivity contribution in [3.8, 4) is 0 Å². The van der Waals surface area contributed by atoms with Crippen LogP contribution >= 0.6 is 0 Å². The summed E-state index contributed by atoms with van der Waals surface area (Å²) >= 11 is 0. The first-order valence-electron chi connectivity index (χ1n) is 13.2. The number of carbonyl (C=O) groups is 3. The molecule has 0 saturated carbocycles. The molecule has 0 aromatic heterocycles. The lowest BCUT2D eigenvalue weighted by Gasteiger charge is -2.51. The summed E-state index contributed by atoms with van der Waals surface area (Å²) in [5, 5.41) is 3.02. The molecular formula is C27H51N3O4. The molecule has 0 aromatic rings. The Morgan fingerprint density at radius 2 is 1.59 bits per heavy atom. The van der Waals surface area contributed by atoms with Crippen molar-refractivity contribution in [1.29, 1.82) is 0 Å². The van der Waals surface area contributed by atoms with Gasteiger partial charge in [-0.3, -0.25) is 19.3 Å². The number of hydrogen-bond donors (Lipinski definition) is 1. The fourth-order valence-electron chi connectivity index (χ4n) is 4.86. The van der Waals surface area contributed by atoms with Gasteiger partial charge in [-0.2, -0.15) is 0 Å². The number of carbonyl (C=O) groups excluding carboxylic acids is 3. The summed E-state index contributed by atoms with van der Waals surface area (Å²) in [5.41, 5.74) is -0.636. The summed E-state index contributed by atoms with van der Waals surface area (Å²) in [5.74, 6) is 0.0914. The average molecular weight is 482 g/mol. The SMILES string of the molecule is CCCC(=O)NCCC(C)(C)C(C)(C)N(CCC(C)(C)N1CCC(C(=O)OCC)CC1)C(C)=O. The molecule has 1 aliphatic heterocycles. The van der Waals surface area contributed by atoms with Crippen LogP contribution in [0.2, 0.25) is 0 Å². The van der Waals surface area contributed by atoms with Gasteiger partial charge in [0.1, 0.15) is 0 Å². The van der Waals surface area contributed by atoms with Crippen LogP contribution in [0, 0.1) is 11.3 Å². The minimum Gasteiger partial charge on any atom is -0.466 e. The van der Waals surface area contributed by atoms with Crippen molar-refractivity contribution < 1.29 is 19.1 Å². The molecule has 0 bridgehead atoms. The van der Waals surface area contributed by atoms with E-state index in [-0.39, 0.29) is 40.2 Å². The van der Waals surface area contributed by atoms with Crippen LogP contribution in [0.5, 0.6) is 0 Å². The third kappa shape index (κ3) is 8.24. The van der Waals surface area contributed by atoms with E-state index in [1.54, 1.807) is 6.92 Å². The third-order valence-electron chi connectivity index (χ3n) is 8.18. The van der Waals surface area contributed by atoms with Crippen LogP contribution in [0.25, 0.3) is 0 Å². The molecule has 198 valence electrons. The zero-order chi connectivity index (χ0) is 26.2. The fraction of sp³-hybridized carbons (Fsp3) is 0.889. The Labute approximate surface area is 208 Å². The first-order valence-corrected chi connectivity index (χ1v) is 13.2. The standard InChI is InChI=1S/C27H51N3O4/c1-10-12-23(32)28-17-15-25(4,5)27(8,9)30(21(3)31)20-16-26(6,7)29-18-13-22(14-19-29)24(33)34-11-2/h22H,10-20H2,1-9H3,(H,28,32). The summed E-state index contributed by atoms with van der Waals surface area (Å²) in [7, 11) is 0. The Bertz CT molecular complexity index is 679. The number of likely N-dealkylation sites (tertiary alicyclic amines) is 1. The molecule has 2 amide bonds. The van der Waals surface area contributed by atoms with Gasteiger partial charge in [0.15, 0.2) is 0 Å². The van der Waals surface area contributed by atoms with Gasteiger partial charge < -0.3 is 15.0 Å². The Balaban J connectivity index is 2.76. The molecule has 7 heteroatoms. The monoisotopic (exact) mass is 481 g/mol. The van der Waals surface area contributed by atoms with Gasteiger partial charge in [0, 0.05) is 37.5 Å². The summed E-state index contributed by atoms with van der Waals surface area (Å²) in [6.07, 6.45) is 4.68. The van der Waals surface area contributed by atoms with Crippen LogP contribution in [0.1, 0.15) is 101 Å². The zero-order valence-electron chi connectivity index (χ0n) is 23.4. The van der Waals surface area contributed by atoms with Crippen LogP contribution < -0.4 is 5.32 Å². The molecule has 1 heterocycles. The van der Waals surface area contributed by atoms with Crippen LogP contribution in [-0.4, -0.2) is 71.4 Å². The first kappa shape index (κ1) is 30.4. The van der Waals surface area contributed by atoms with E-state index in [0.29, 0.717) is 26.1 Å². The lowest BCUT2D eigenvalue weighted by atomic mass is 9.70. The number of ether oxygens (including phenoxy) is 1. The van der Waals surface area contributed by atoms with E-state index >= 15 is 0 Å². The maximum atomic E-state index is 12.8. The van der Waals surface area contributed by atoms with Crippen molar-refractivity contribution >= 4 is 17.8 Å². The highest BCUT2D eigenvalue weighted by Gasteiger charge is 2.43. The van der Waals surface area contributed by atoms with Gasteiger partial charge in [-0.15, -0.1) is 0 Å². The van der Waals surface area contributed by atoms with Crippen LogP contribution in [0.15, 0.2) is 0 Å². The number of piperidine rings is 1. The predicted molar refractivity (Wildman–Crippen MR) is 137 cm³/mol. The summed E-state index contributed by atoms with van der Waals surface area (Å²) in [6, 6.07) is 0. The van der Waals surface area contributed by atoms with Gasteiger partial charge in [-0.05, 0) is 85.2 Å². The van der Waals surface area contributed by atoms with Gasteiger partial charge >= 0.3 is 5.97 Å². The fourth-order valence-corrected chi connectivity index (χ4v) is 4.86. The molecular weight excluding hydrogens is 430 g/mol. The predicted octanol–water partition coefficient (Wildman–Crippen LogP) is 4.39. The van der Waals surface area contributed by atoms with E-state index in [2.05, 4.69) is 51.8 Å².